The molecular weight excluding hydrogens is 360 g/mol. The summed E-state index contributed by atoms with van der Waals surface area (Å²) >= 11 is 0. The second-order valence-corrected chi connectivity index (χ2v) is 6.44. The molecule has 2 aromatic carbocycles. The zero-order chi connectivity index (χ0) is 18.7. The van der Waals surface area contributed by atoms with Gasteiger partial charge in [0.15, 0.2) is 0 Å². The summed E-state index contributed by atoms with van der Waals surface area (Å²) in [5.74, 6) is 0. The van der Waals surface area contributed by atoms with Crippen molar-refractivity contribution in [2.45, 2.75) is 53.6 Å². The summed E-state index contributed by atoms with van der Waals surface area (Å²) in [7, 11) is 0. The van der Waals surface area contributed by atoms with Crippen LogP contribution in [0.1, 0.15) is 41.5 Å². The molecule has 0 saturated carbocycles. The summed E-state index contributed by atoms with van der Waals surface area (Å²) in [5, 5.41) is 0. The molecule has 141 valence electrons. The van der Waals surface area contributed by atoms with Crippen molar-refractivity contribution in [3.8, 4) is 0 Å². The molecular formula is C23H31FeN2. The molecule has 0 spiro atoms. The Labute approximate surface area is 171 Å². The average molecular weight is 391 g/mol. The second kappa shape index (κ2) is 13.5. The van der Waals surface area contributed by atoms with Crippen molar-refractivity contribution in [3.05, 3.63) is 90.9 Å². The number of hydrogen-bond acceptors (Lipinski definition) is 2. The SMILES string of the molecule is CC1=C(C)N(C(C)C)[CH-]N1C(C)C.[Fe+3].[c-]1ccccc1.[c-]1ccccc1. The summed E-state index contributed by atoms with van der Waals surface area (Å²) in [4.78, 5) is 4.66. The van der Waals surface area contributed by atoms with Gasteiger partial charge in [0.05, 0.1) is 0 Å². The number of rotatable bonds is 2. The number of benzene rings is 2. The first-order valence-corrected chi connectivity index (χ1v) is 8.86. The number of nitrogens with zero attached hydrogens (tertiary/aromatic N) is 2. The summed E-state index contributed by atoms with van der Waals surface area (Å²) in [6.45, 7) is 15.5. The van der Waals surface area contributed by atoms with Crippen LogP contribution in [0.15, 0.2) is 72.1 Å². The minimum atomic E-state index is 0. The van der Waals surface area contributed by atoms with E-state index in [9.17, 15) is 0 Å². The Kier molecular flexibility index (Phi) is 12.6. The number of allylic oxidation sites excluding steroid dienone is 2. The van der Waals surface area contributed by atoms with Gasteiger partial charge in [-0.2, -0.15) is 79.5 Å². The first kappa shape index (κ1) is 24.3. The Morgan fingerprint density at radius 1 is 0.654 bits per heavy atom. The van der Waals surface area contributed by atoms with E-state index in [-0.39, 0.29) is 17.1 Å². The van der Waals surface area contributed by atoms with Gasteiger partial charge in [-0.25, -0.2) is 0 Å². The molecule has 0 atom stereocenters. The molecule has 0 bridgehead atoms. The monoisotopic (exact) mass is 391 g/mol. The fraction of sp³-hybridized carbons (Fsp3) is 0.348. The average Bonchev–Trinajstić information content (AvgIpc) is 2.95. The maximum absolute atomic E-state index is 2.89. The molecule has 2 nitrogen and oxygen atoms in total. The largest absolute Gasteiger partial charge is 3.00 e. The van der Waals surface area contributed by atoms with E-state index in [1.165, 1.54) is 11.4 Å². The molecule has 1 aliphatic rings. The molecule has 3 rings (SSSR count). The molecule has 0 N–H and O–H groups in total. The van der Waals surface area contributed by atoms with Crippen molar-refractivity contribution < 1.29 is 17.1 Å². The van der Waals surface area contributed by atoms with Gasteiger partial charge in [0.2, 0.25) is 0 Å². The Bertz CT molecular complexity index is 487. The molecule has 1 radical (unpaired) electrons. The zero-order valence-electron chi connectivity index (χ0n) is 16.8. The quantitative estimate of drug-likeness (QED) is 0.474. The summed E-state index contributed by atoms with van der Waals surface area (Å²) in [6.07, 6.45) is 0. The van der Waals surface area contributed by atoms with Crippen molar-refractivity contribution in [1.29, 1.82) is 0 Å². The van der Waals surface area contributed by atoms with Crippen LogP contribution >= 0.6 is 0 Å². The second-order valence-electron chi connectivity index (χ2n) is 6.44. The first-order chi connectivity index (χ1) is 11.9. The van der Waals surface area contributed by atoms with Gasteiger partial charge in [-0.05, 0) is 65.0 Å². The van der Waals surface area contributed by atoms with E-state index >= 15 is 0 Å². The van der Waals surface area contributed by atoms with Crippen LogP contribution < -0.4 is 0 Å². The third-order valence-corrected chi connectivity index (χ3v) is 3.87. The third kappa shape index (κ3) is 8.60. The Balaban J connectivity index is 0.000000400. The van der Waals surface area contributed by atoms with Crippen molar-refractivity contribution >= 4 is 0 Å². The van der Waals surface area contributed by atoms with Crippen molar-refractivity contribution in [2.24, 2.45) is 0 Å². The van der Waals surface area contributed by atoms with E-state index < -0.39 is 0 Å². The predicted octanol–water partition coefficient (Wildman–Crippen LogP) is 5.76. The van der Waals surface area contributed by atoms with E-state index in [1.54, 1.807) is 0 Å². The van der Waals surface area contributed by atoms with E-state index in [0.29, 0.717) is 12.1 Å². The Morgan fingerprint density at radius 3 is 1.08 bits per heavy atom. The smallest absolute Gasteiger partial charge is 0.504 e. The van der Waals surface area contributed by atoms with Gasteiger partial charge in [0.1, 0.15) is 0 Å². The standard InChI is InChI=1S/C11H21N2.2C6H5.Fe/c1-8(2)12-7-13(9(3)4)11(6)10(12)5;2*1-2-4-6-5-3-1;/h7-9H,1-6H3;2*1-5H;/q3*-1;+3. The molecule has 0 aromatic heterocycles. The summed E-state index contributed by atoms with van der Waals surface area (Å²) in [6, 6.07) is 26.1. The van der Waals surface area contributed by atoms with Crippen LogP contribution in [0.2, 0.25) is 0 Å². The molecule has 0 aliphatic carbocycles. The van der Waals surface area contributed by atoms with Gasteiger partial charge in [-0.15, -0.1) is 0 Å². The molecule has 1 heterocycles. The predicted molar refractivity (Wildman–Crippen MR) is 107 cm³/mol. The van der Waals surface area contributed by atoms with Crippen LogP contribution in [0, 0.1) is 18.8 Å². The van der Waals surface area contributed by atoms with Crippen LogP contribution in [0.3, 0.4) is 0 Å². The first-order valence-electron chi connectivity index (χ1n) is 8.86. The number of hydrogen-bond donors (Lipinski definition) is 0. The molecule has 0 fully saturated rings. The van der Waals surface area contributed by atoms with E-state index in [1.807, 2.05) is 60.7 Å². The molecule has 26 heavy (non-hydrogen) atoms. The van der Waals surface area contributed by atoms with Crippen LogP contribution in [0.25, 0.3) is 0 Å². The Morgan fingerprint density at radius 2 is 0.962 bits per heavy atom. The van der Waals surface area contributed by atoms with E-state index in [2.05, 4.69) is 70.1 Å². The van der Waals surface area contributed by atoms with Crippen LogP contribution in [-0.4, -0.2) is 21.9 Å². The van der Waals surface area contributed by atoms with E-state index in [4.69, 9.17) is 0 Å². The van der Waals surface area contributed by atoms with Gasteiger partial charge in [0, 0.05) is 0 Å². The van der Waals surface area contributed by atoms with Crippen LogP contribution in [0.5, 0.6) is 0 Å². The normalized spacial score (nSPS) is 12.9. The van der Waals surface area contributed by atoms with Gasteiger partial charge < -0.3 is 9.80 Å². The minimum absolute atomic E-state index is 0. The van der Waals surface area contributed by atoms with Gasteiger partial charge in [-0.1, -0.05) is 0 Å². The van der Waals surface area contributed by atoms with Gasteiger partial charge in [0.25, 0.3) is 0 Å². The van der Waals surface area contributed by atoms with Crippen molar-refractivity contribution in [2.75, 3.05) is 0 Å². The topological polar surface area (TPSA) is 6.48 Å². The molecule has 3 heteroatoms. The van der Waals surface area contributed by atoms with E-state index in [0.717, 1.165) is 0 Å². The summed E-state index contributed by atoms with van der Waals surface area (Å²) in [5.41, 5.74) is 2.76. The fourth-order valence-corrected chi connectivity index (χ4v) is 2.41. The summed E-state index contributed by atoms with van der Waals surface area (Å²) < 4.78 is 0. The Hall–Kier alpha value is -1.70. The molecule has 2 aromatic rings. The maximum atomic E-state index is 2.89. The van der Waals surface area contributed by atoms with Crippen LogP contribution in [0.4, 0.5) is 0 Å². The minimum Gasteiger partial charge on any atom is -0.504 e. The molecule has 1 aliphatic heterocycles. The zero-order valence-corrected chi connectivity index (χ0v) is 17.9. The third-order valence-electron chi connectivity index (χ3n) is 3.87. The van der Waals surface area contributed by atoms with Crippen LogP contribution in [-0.2, 0) is 17.1 Å². The molecule has 0 unspecified atom stereocenters. The van der Waals surface area contributed by atoms with Crippen molar-refractivity contribution in [3.63, 3.8) is 0 Å². The molecule has 0 amide bonds. The fourth-order valence-electron chi connectivity index (χ4n) is 2.41. The van der Waals surface area contributed by atoms with Gasteiger partial charge in [-0.3, -0.25) is 0 Å². The van der Waals surface area contributed by atoms with Gasteiger partial charge >= 0.3 is 17.1 Å². The maximum Gasteiger partial charge on any atom is 3.00 e. The van der Waals surface area contributed by atoms with Crippen molar-refractivity contribution in [1.82, 2.24) is 9.80 Å². The molecule has 0 saturated heterocycles.